The Balaban J connectivity index is 2.41. The second-order valence-corrected chi connectivity index (χ2v) is 5.15. The van der Waals surface area contributed by atoms with Crippen molar-refractivity contribution in [3.05, 3.63) is 29.8 Å². The fourth-order valence-corrected chi connectivity index (χ4v) is 1.92. The van der Waals surface area contributed by atoms with E-state index in [1.54, 1.807) is 19.1 Å². The summed E-state index contributed by atoms with van der Waals surface area (Å²) in [5.41, 5.74) is 1.14. The lowest BCUT2D eigenvalue weighted by Gasteiger charge is -2.18. The van der Waals surface area contributed by atoms with Crippen molar-refractivity contribution in [2.24, 2.45) is 0 Å². The first kappa shape index (κ1) is 14.8. The molecule has 0 heterocycles. The first-order chi connectivity index (χ1) is 8.52. The maximum Gasteiger partial charge on any atom is 0.222 e. The number of carbonyl (C=O) groups excluding carboxylic acids is 1. The average molecular weight is 270 g/mol. The van der Waals surface area contributed by atoms with Crippen LogP contribution in [0.1, 0.15) is 18.9 Å². The molecule has 0 N–H and O–H groups in total. The molecule has 0 aromatic heterocycles. The maximum absolute atomic E-state index is 11.8. The molecule has 1 aromatic rings. The number of rotatable bonds is 6. The summed E-state index contributed by atoms with van der Waals surface area (Å²) in [5.74, 6) is 0.955. The molecule has 0 saturated carbocycles. The van der Waals surface area contributed by atoms with Gasteiger partial charge in [-0.15, -0.1) is 11.6 Å². The van der Waals surface area contributed by atoms with Crippen molar-refractivity contribution in [2.75, 3.05) is 20.7 Å². The van der Waals surface area contributed by atoms with Crippen LogP contribution in [0.4, 0.5) is 0 Å². The lowest BCUT2D eigenvalue weighted by molar-refractivity contribution is -0.129. The van der Waals surface area contributed by atoms with E-state index in [1.807, 2.05) is 31.2 Å². The van der Waals surface area contributed by atoms with Gasteiger partial charge >= 0.3 is 0 Å². The minimum atomic E-state index is -0.0139. The predicted octanol–water partition coefficient (Wildman–Crippen LogP) is 2.71. The normalized spacial score (nSPS) is 12.0. The summed E-state index contributed by atoms with van der Waals surface area (Å²) in [6.07, 6.45) is 1.25. The first-order valence-corrected chi connectivity index (χ1v) is 6.47. The van der Waals surface area contributed by atoms with Gasteiger partial charge in [-0.3, -0.25) is 4.79 Å². The Morgan fingerprint density at radius 2 is 2.00 bits per heavy atom. The molecule has 1 rings (SSSR count). The van der Waals surface area contributed by atoms with Gasteiger partial charge in [0.1, 0.15) is 5.75 Å². The van der Waals surface area contributed by atoms with Crippen molar-refractivity contribution in [3.8, 4) is 5.75 Å². The van der Waals surface area contributed by atoms with Crippen LogP contribution in [-0.2, 0) is 11.2 Å². The van der Waals surface area contributed by atoms with Crippen LogP contribution in [0.5, 0.6) is 5.75 Å². The highest BCUT2D eigenvalue weighted by molar-refractivity contribution is 6.20. The zero-order valence-electron chi connectivity index (χ0n) is 11.1. The molecule has 0 aliphatic heterocycles. The van der Waals surface area contributed by atoms with Gasteiger partial charge < -0.3 is 9.64 Å². The van der Waals surface area contributed by atoms with Gasteiger partial charge in [-0.1, -0.05) is 12.1 Å². The molecule has 4 heteroatoms. The number of nitrogens with zero attached hydrogens (tertiary/aromatic N) is 1. The summed E-state index contributed by atoms with van der Waals surface area (Å²) in [6, 6.07) is 7.78. The largest absolute Gasteiger partial charge is 0.497 e. The zero-order valence-corrected chi connectivity index (χ0v) is 11.9. The molecule has 0 bridgehead atoms. The van der Waals surface area contributed by atoms with Gasteiger partial charge in [0.2, 0.25) is 5.91 Å². The van der Waals surface area contributed by atoms with Gasteiger partial charge in [-0.05, 0) is 31.0 Å². The van der Waals surface area contributed by atoms with Gasteiger partial charge in [0.05, 0.1) is 7.11 Å². The fourth-order valence-electron chi connectivity index (χ4n) is 1.71. The average Bonchev–Trinajstić information content (AvgIpc) is 2.35. The van der Waals surface area contributed by atoms with Gasteiger partial charge in [0.25, 0.3) is 0 Å². The van der Waals surface area contributed by atoms with Gasteiger partial charge in [-0.25, -0.2) is 0 Å². The van der Waals surface area contributed by atoms with Crippen LogP contribution in [-0.4, -0.2) is 36.9 Å². The van der Waals surface area contributed by atoms with Crippen LogP contribution in [0, 0.1) is 0 Å². The number of hydrogen-bond acceptors (Lipinski definition) is 2. The molecule has 3 nitrogen and oxygen atoms in total. The molecule has 1 unspecified atom stereocenters. The number of aryl methyl sites for hydroxylation is 1. The molecule has 0 aliphatic rings. The van der Waals surface area contributed by atoms with Crippen LogP contribution in [0.3, 0.4) is 0 Å². The highest BCUT2D eigenvalue weighted by atomic mass is 35.5. The van der Waals surface area contributed by atoms with Crippen molar-refractivity contribution >= 4 is 17.5 Å². The Bertz CT molecular complexity index is 376. The summed E-state index contributed by atoms with van der Waals surface area (Å²) in [7, 11) is 3.43. The molecule has 0 radical (unpaired) electrons. The minimum Gasteiger partial charge on any atom is -0.497 e. The molecule has 0 aliphatic carbocycles. The Hall–Kier alpha value is -1.22. The maximum atomic E-state index is 11.8. The monoisotopic (exact) mass is 269 g/mol. The number of benzene rings is 1. The van der Waals surface area contributed by atoms with E-state index >= 15 is 0 Å². The molecule has 0 spiro atoms. The zero-order chi connectivity index (χ0) is 13.5. The standard InChI is InChI=1S/C14H20ClNO2/c1-11(15)10-16(2)14(17)9-6-12-4-7-13(18-3)8-5-12/h4-5,7-8,11H,6,9-10H2,1-3H3. The molecule has 0 fully saturated rings. The van der Waals surface area contributed by atoms with Crippen LogP contribution in [0.25, 0.3) is 0 Å². The van der Waals surface area contributed by atoms with E-state index in [2.05, 4.69) is 0 Å². The molecule has 100 valence electrons. The van der Waals surface area contributed by atoms with Crippen molar-refractivity contribution in [3.63, 3.8) is 0 Å². The molecule has 18 heavy (non-hydrogen) atoms. The molecular formula is C14H20ClNO2. The highest BCUT2D eigenvalue weighted by Crippen LogP contribution is 2.13. The van der Waals surface area contributed by atoms with E-state index in [1.165, 1.54) is 0 Å². The summed E-state index contributed by atoms with van der Waals surface area (Å²) in [6.45, 7) is 2.47. The van der Waals surface area contributed by atoms with Crippen LogP contribution in [0.15, 0.2) is 24.3 Å². The number of alkyl halides is 1. The fraction of sp³-hybridized carbons (Fsp3) is 0.500. The van der Waals surface area contributed by atoms with Crippen molar-refractivity contribution in [1.29, 1.82) is 0 Å². The van der Waals surface area contributed by atoms with Crippen LogP contribution < -0.4 is 4.74 Å². The van der Waals surface area contributed by atoms with E-state index in [0.717, 1.165) is 17.7 Å². The summed E-state index contributed by atoms with van der Waals surface area (Å²) in [4.78, 5) is 13.5. The van der Waals surface area contributed by atoms with Gasteiger partial charge in [0, 0.05) is 25.4 Å². The molecular weight excluding hydrogens is 250 g/mol. The predicted molar refractivity (Wildman–Crippen MR) is 74.3 cm³/mol. The third kappa shape index (κ3) is 4.96. The van der Waals surface area contributed by atoms with Gasteiger partial charge in [0.15, 0.2) is 0 Å². The molecule has 1 amide bonds. The first-order valence-electron chi connectivity index (χ1n) is 6.04. The lowest BCUT2D eigenvalue weighted by atomic mass is 10.1. The number of carbonyl (C=O) groups is 1. The van der Waals surface area contributed by atoms with E-state index in [9.17, 15) is 4.79 Å². The quantitative estimate of drug-likeness (QED) is 0.743. The Morgan fingerprint density at radius 1 is 1.39 bits per heavy atom. The summed E-state index contributed by atoms with van der Waals surface area (Å²) in [5, 5.41) is -0.0139. The van der Waals surface area contributed by atoms with Crippen LogP contribution in [0.2, 0.25) is 0 Å². The topological polar surface area (TPSA) is 29.5 Å². The van der Waals surface area contributed by atoms with Crippen molar-refractivity contribution in [2.45, 2.75) is 25.1 Å². The molecule has 1 atom stereocenters. The number of methoxy groups -OCH3 is 1. The summed E-state index contributed by atoms with van der Waals surface area (Å²) >= 11 is 5.86. The third-order valence-corrected chi connectivity index (χ3v) is 2.88. The van der Waals surface area contributed by atoms with Gasteiger partial charge in [-0.2, -0.15) is 0 Å². The lowest BCUT2D eigenvalue weighted by Crippen LogP contribution is -2.31. The summed E-state index contributed by atoms with van der Waals surface area (Å²) < 4.78 is 5.09. The van der Waals surface area contributed by atoms with E-state index < -0.39 is 0 Å². The van der Waals surface area contributed by atoms with Crippen LogP contribution >= 0.6 is 11.6 Å². The number of ether oxygens (including phenoxy) is 1. The van der Waals surface area contributed by atoms with E-state index in [-0.39, 0.29) is 11.3 Å². The number of hydrogen-bond donors (Lipinski definition) is 0. The van der Waals surface area contributed by atoms with E-state index in [4.69, 9.17) is 16.3 Å². The number of halogens is 1. The Morgan fingerprint density at radius 3 is 2.50 bits per heavy atom. The molecule has 1 aromatic carbocycles. The second kappa shape index (κ2) is 7.27. The van der Waals surface area contributed by atoms with Crippen molar-refractivity contribution in [1.82, 2.24) is 4.90 Å². The SMILES string of the molecule is COc1ccc(CCC(=O)N(C)CC(C)Cl)cc1. The number of amides is 1. The Labute approximate surface area is 114 Å². The third-order valence-electron chi connectivity index (χ3n) is 2.74. The van der Waals surface area contributed by atoms with Crippen molar-refractivity contribution < 1.29 is 9.53 Å². The minimum absolute atomic E-state index is 0.0139. The second-order valence-electron chi connectivity index (χ2n) is 4.40. The smallest absolute Gasteiger partial charge is 0.222 e. The molecule has 0 saturated heterocycles. The highest BCUT2D eigenvalue weighted by Gasteiger charge is 2.10. The van der Waals surface area contributed by atoms with E-state index in [0.29, 0.717) is 13.0 Å². The Kier molecular flexibility index (Phi) is 5.99.